The zero-order valence-corrected chi connectivity index (χ0v) is 11.9. The van der Waals surface area contributed by atoms with Crippen LogP contribution >= 0.6 is 0 Å². The average Bonchev–Trinajstić information content (AvgIpc) is 2.92. The van der Waals surface area contributed by atoms with Crippen molar-refractivity contribution < 1.29 is 13.9 Å². The standard InChI is InChI=1S/C17H18FNO2/c1-12(7-13-3-2-4-15(18)8-13)19-10-14-5-6-16-17(9-14)21-11-20-16/h2-6,8-9,12,19H,7,10-11H2,1H3. The predicted molar refractivity (Wildman–Crippen MR) is 79.0 cm³/mol. The van der Waals surface area contributed by atoms with Gasteiger partial charge in [-0.1, -0.05) is 18.2 Å². The van der Waals surface area contributed by atoms with Crippen LogP contribution in [0.4, 0.5) is 4.39 Å². The van der Waals surface area contributed by atoms with Crippen LogP contribution in [0.3, 0.4) is 0 Å². The van der Waals surface area contributed by atoms with Crippen molar-refractivity contribution in [3.05, 3.63) is 59.4 Å². The van der Waals surface area contributed by atoms with E-state index in [0.29, 0.717) is 6.79 Å². The number of hydrogen-bond donors (Lipinski definition) is 1. The predicted octanol–water partition coefficient (Wildman–Crippen LogP) is 3.28. The molecule has 0 saturated carbocycles. The SMILES string of the molecule is CC(Cc1cccc(F)c1)NCc1ccc2c(c1)OCO2. The third-order valence-corrected chi connectivity index (χ3v) is 3.52. The van der Waals surface area contributed by atoms with E-state index in [1.165, 1.54) is 6.07 Å². The van der Waals surface area contributed by atoms with Crippen molar-refractivity contribution in [1.82, 2.24) is 5.32 Å². The van der Waals surface area contributed by atoms with Gasteiger partial charge in [0.25, 0.3) is 0 Å². The zero-order valence-electron chi connectivity index (χ0n) is 11.9. The molecule has 3 rings (SSSR count). The van der Waals surface area contributed by atoms with Gasteiger partial charge in [0.15, 0.2) is 11.5 Å². The molecule has 2 aromatic rings. The van der Waals surface area contributed by atoms with Gasteiger partial charge in [-0.25, -0.2) is 4.39 Å². The minimum atomic E-state index is -0.185. The minimum Gasteiger partial charge on any atom is -0.454 e. The Hall–Kier alpha value is -2.07. The lowest BCUT2D eigenvalue weighted by Gasteiger charge is -2.14. The summed E-state index contributed by atoms with van der Waals surface area (Å²) in [6.45, 7) is 3.13. The Morgan fingerprint density at radius 3 is 2.81 bits per heavy atom. The Bertz CT molecular complexity index is 630. The van der Waals surface area contributed by atoms with Gasteiger partial charge in [-0.3, -0.25) is 0 Å². The van der Waals surface area contributed by atoms with Gasteiger partial charge in [-0.2, -0.15) is 0 Å². The summed E-state index contributed by atoms with van der Waals surface area (Å²) in [4.78, 5) is 0. The van der Waals surface area contributed by atoms with E-state index < -0.39 is 0 Å². The molecule has 0 spiro atoms. The molecule has 1 aliphatic rings. The fourth-order valence-electron chi connectivity index (χ4n) is 2.43. The highest BCUT2D eigenvalue weighted by Gasteiger charge is 2.13. The quantitative estimate of drug-likeness (QED) is 0.915. The maximum absolute atomic E-state index is 13.1. The number of hydrogen-bond acceptors (Lipinski definition) is 3. The monoisotopic (exact) mass is 287 g/mol. The minimum absolute atomic E-state index is 0.185. The first-order chi connectivity index (χ1) is 10.2. The Labute approximate surface area is 123 Å². The van der Waals surface area contributed by atoms with E-state index in [0.717, 1.165) is 35.6 Å². The van der Waals surface area contributed by atoms with Crippen LogP contribution in [0.1, 0.15) is 18.1 Å². The lowest BCUT2D eigenvalue weighted by molar-refractivity contribution is 0.174. The van der Waals surface area contributed by atoms with E-state index in [1.54, 1.807) is 12.1 Å². The maximum Gasteiger partial charge on any atom is 0.231 e. The molecule has 110 valence electrons. The molecule has 0 bridgehead atoms. The molecule has 21 heavy (non-hydrogen) atoms. The fourth-order valence-corrected chi connectivity index (χ4v) is 2.43. The second-order valence-electron chi connectivity index (χ2n) is 5.30. The molecule has 0 aliphatic carbocycles. The first-order valence-electron chi connectivity index (χ1n) is 7.07. The molecule has 4 heteroatoms. The smallest absolute Gasteiger partial charge is 0.231 e. The zero-order chi connectivity index (χ0) is 14.7. The van der Waals surface area contributed by atoms with Gasteiger partial charge in [-0.05, 0) is 48.7 Å². The van der Waals surface area contributed by atoms with Gasteiger partial charge in [0.05, 0.1) is 0 Å². The van der Waals surface area contributed by atoms with Crippen LogP contribution in [-0.2, 0) is 13.0 Å². The fraction of sp³-hybridized carbons (Fsp3) is 0.294. The van der Waals surface area contributed by atoms with Crippen LogP contribution in [0.25, 0.3) is 0 Å². The second-order valence-corrected chi connectivity index (χ2v) is 5.30. The van der Waals surface area contributed by atoms with Gasteiger partial charge in [-0.15, -0.1) is 0 Å². The Morgan fingerprint density at radius 1 is 1.10 bits per heavy atom. The largest absolute Gasteiger partial charge is 0.454 e. The van der Waals surface area contributed by atoms with Gasteiger partial charge < -0.3 is 14.8 Å². The van der Waals surface area contributed by atoms with Gasteiger partial charge >= 0.3 is 0 Å². The molecule has 1 heterocycles. The number of fused-ring (bicyclic) bond motifs is 1. The lowest BCUT2D eigenvalue weighted by Crippen LogP contribution is -2.27. The maximum atomic E-state index is 13.1. The Balaban J connectivity index is 1.55. The molecule has 1 unspecified atom stereocenters. The van der Waals surface area contributed by atoms with Crippen molar-refractivity contribution in [1.29, 1.82) is 0 Å². The van der Waals surface area contributed by atoms with Crippen LogP contribution < -0.4 is 14.8 Å². The highest BCUT2D eigenvalue weighted by molar-refractivity contribution is 5.44. The number of nitrogens with one attached hydrogen (secondary N) is 1. The van der Waals surface area contributed by atoms with Crippen LogP contribution in [-0.4, -0.2) is 12.8 Å². The summed E-state index contributed by atoms with van der Waals surface area (Å²) in [5.41, 5.74) is 2.14. The third kappa shape index (κ3) is 3.52. The normalized spacial score (nSPS) is 14.2. The molecule has 3 nitrogen and oxygen atoms in total. The molecule has 0 amide bonds. The average molecular weight is 287 g/mol. The van der Waals surface area contributed by atoms with Gasteiger partial charge in [0.2, 0.25) is 6.79 Å². The molecular formula is C17H18FNO2. The summed E-state index contributed by atoms with van der Waals surface area (Å²) in [5, 5.41) is 3.44. The van der Waals surface area contributed by atoms with E-state index in [1.807, 2.05) is 24.3 Å². The van der Waals surface area contributed by atoms with Crippen LogP contribution in [0, 0.1) is 5.82 Å². The molecular weight excluding hydrogens is 269 g/mol. The molecule has 0 radical (unpaired) electrons. The second kappa shape index (κ2) is 6.14. The molecule has 0 fully saturated rings. The number of ether oxygens (including phenoxy) is 2. The van der Waals surface area contributed by atoms with E-state index in [2.05, 4.69) is 12.2 Å². The van der Waals surface area contributed by atoms with Crippen LogP contribution in [0.15, 0.2) is 42.5 Å². The summed E-state index contributed by atoms with van der Waals surface area (Å²) in [6, 6.07) is 12.9. The number of rotatable bonds is 5. The van der Waals surface area contributed by atoms with Crippen LogP contribution in [0.5, 0.6) is 11.5 Å². The number of benzene rings is 2. The molecule has 1 atom stereocenters. The molecule has 0 aromatic heterocycles. The molecule has 1 aliphatic heterocycles. The van der Waals surface area contributed by atoms with E-state index in [4.69, 9.17) is 9.47 Å². The third-order valence-electron chi connectivity index (χ3n) is 3.52. The Morgan fingerprint density at radius 2 is 1.95 bits per heavy atom. The number of halogens is 1. The molecule has 0 saturated heterocycles. The van der Waals surface area contributed by atoms with Gasteiger partial charge in [0, 0.05) is 12.6 Å². The van der Waals surface area contributed by atoms with Crippen molar-refractivity contribution >= 4 is 0 Å². The first kappa shape index (κ1) is 13.9. The summed E-state index contributed by atoms with van der Waals surface area (Å²) < 4.78 is 23.8. The molecule has 1 N–H and O–H groups in total. The first-order valence-corrected chi connectivity index (χ1v) is 7.07. The summed E-state index contributed by atoms with van der Waals surface area (Å²) in [5.74, 6) is 1.41. The topological polar surface area (TPSA) is 30.5 Å². The summed E-state index contributed by atoms with van der Waals surface area (Å²) in [6.07, 6.45) is 0.794. The van der Waals surface area contributed by atoms with E-state index in [9.17, 15) is 4.39 Å². The summed E-state index contributed by atoms with van der Waals surface area (Å²) in [7, 11) is 0. The van der Waals surface area contributed by atoms with Gasteiger partial charge in [0.1, 0.15) is 5.82 Å². The lowest BCUT2D eigenvalue weighted by atomic mass is 10.1. The van der Waals surface area contributed by atoms with Crippen molar-refractivity contribution in [2.24, 2.45) is 0 Å². The molecule has 2 aromatic carbocycles. The van der Waals surface area contributed by atoms with Crippen molar-refractivity contribution in [2.75, 3.05) is 6.79 Å². The highest BCUT2D eigenvalue weighted by Crippen LogP contribution is 2.32. The summed E-state index contributed by atoms with van der Waals surface area (Å²) >= 11 is 0. The van der Waals surface area contributed by atoms with Crippen molar-refractivity contribution in [2.45, 2.75) is 25.9 Å². The van der Waals surface area contributed by atoms with E-state index in [-0.39, 0.29) is 11.9 Å². The van der Waals surface area contributed by atoms with Crippen molar-refractivity contribution in [3.63, 3.8) is 0 Å². The van der Waals surface area contributed by atoms with Crippen molar-refractivity contribution in [3.8, 4) is 11.5 Å². The van der Waals surface area contributed by atoms with Crippen LogP contribution in [0.2, 0.25) is 0 Å². The highest BCUT2D eigenvalue weighted by atomic mass is 19.1. The van der Waals surface area contributed by atoms with E-state index >= 15 is 0 Å². The Kier molecular flexibility index (Phi) is 4.06.